The van der Waals surface area contributed by atoms with E-state index in [4.69, 9.17) is 21.3 Å². The largest absolute Gasteiger partial charge is 0.480 e. The number of carbonyl (C=O) groups excluding carboxylic acids is 8. The lowest BCUT2D eigenvalue weighted by Gasteiger charge is -2.28. The molecule has 0 spiro atoms. The molecule has 7 atom stereocenters. The van der Waals surface area contributed by atoms with Gasteiger partial charge in [-0.2, -0.15) is 0 Å². The predicted octanol–water partition coefficient (Wildman–Crippen LogP) is -0.855. The van der Waals surface area contributed by atoms with Gasteiger partial charge < -0.3 is 79.0 Å². The van der Waals surface area contributed by atoms with Crippen LogP contribution in [0.4, 0.5) is 0 Å². The number of hydrogen-bond donors (Lipinski definition) is 16. The van der Waals surface area contributed by atoms with E-state index in [1.54, 1.807) is 80.0 Å². The average Bonchev–Trinajstić information content (AvgIpc) is 3.88. The third kappa shape index (κ3) is 21.6. The number of guanidine groups is 2. The second kappa shape index (κ2) is 32.7. The molecule has 81 heavy (non-hydrogen) atoms. The summed E-state index contributed by atoms with van der Waals surface area (Å²) in [6.45, 7) is 0.973. The number of fused-ring (bicyclic) bond motifs is 1. The summed E-state index contributed by atoms with van der Waals surface area (Å²) in [6.07, 6.45) is 0.973. The van der Waals surface area contributed by atoms with Crippen LogP contribution in [-0.2, 0) is 67.3 Å². The van der Waals surface area contributed by atoms with E-state index >= 15 is 0 Å². The number of rotatable bonds is 20. The van der Waals surface area contributed by atoms with E-state index in [2.05, 4.69) is 63.5 Å². The minimum absolute atomic E-state index is 0.00868. The minimum Gasteiger partial charge on any atom is -0.480 e. The summed E-state index contributed by atoms with van der Waals surface area (Å²) < 4.78 is 6.00. The van der Waals surface area contributed by atoms with E-state index in [-0.39, 0.29) is 102 Å². The molecule has 0 bridgehead atoms. The second-order valence-electron chi connectivity index (χ2n) is 19.4. The van der Waals surface area contributed by atoms with Crippen molar-refractivity contribution in [2.45, 2.75) is 120 Å². The smallest absolute Gasteiger partial charge is 0.326 e. The second-order valence-corrected chi connectivity index (χ2v) is 19.4. The van der Waals surface area contributed by atoms with Gasteiger partial charge in [0, 0.05) is 70.0 Å². The zero-order valence-corrected chi connectivity index (χ0v) is 45.4. The highest BCUT2D eigenvalue weighted by Crippen LogP contribution is 2.20. The summed E-state index contributed by atoms with van der Waals surface area (Å²) in [5.41, 5.74) is 8.07. The zero-order valence-electron chi connectivity index (χ0n) is 45.4. The normalized spacial score (nSPS) is 20.3. The Morgan fingerprint density at radius 1 is 0.728 bits per heavy atom. The van der Waals surface area contributed by atoms with Crippen LogP contribution in [0, 0.1) is 10.8 Å². The molecule has 1 aromatic heterocycles. The van der Waals surface area contributed by atoms with Crippen LogP contribution in [0.3, 0.4) is 0 Å². The average molecular weight is 1120 g/mol. The van der Waals surface area contributed by atoms with Gasteiger partial charge in [0.15, 0.2) is 11.9 Å². The Morgan fingerprint density at radius 3 is 2.01 bits per heavy atom. The van der Waals surface area contributed by atoms with Crippen molar-refractivity contribution in [3.05, 3.63) is 108 Å². The van der Waals surface area contributed by atoms with Gasteiger partial charge in [-0.15, -0.1) is 0 Å². The molecule has 0 radical (unpaired) electrons. The van der Waals surface area contributed by atoms with E-state index < -0.39 is 102 Å². The first-order valence-corrected chi connectivity index (χ1v) is 26.8. The SMILES string of the molecule is CNC(=N)NCCC[C@@H]1NC(=O)C(Cc2ccccc2)NC(=O)[C@H](COCc2ccccc2)NC(=O)C(NC(=O)[C@H](CCCNC(=N)N)NC(C)=O)CCC(=O)NCCCC(C(=O)O)NC(=O)[C@H](Cc2c[nH]c3ccccc23)NC1=O. The molecular weight excluding hydrogens is 1050 g/mol. The van der Waals surface area contributed by atoms with E-state index in [0.717, 1.165) is 16.5 Å². The fourth-order valence-corrected chi connectivity index (χ4v) is 8.82. The summed E-state index contributed by atoms with van der Waals surface area (Å²) >= 11 is 0. The monoisotopic (exact) mass is 1120 g/mol. The molecule has 2 heterocycles. The Hall–Kier alpha value is -9.07. The number of H-pyrrole nitrogens is 1. The van der Waals surface area contributed by atoms with E-state index in [9.17, 15) is 48.3 Å². The van der Waals surface area contributed by atoms with Crippen LogP contribution >= 0.6 is 0 Å². The van der Waals surface area contributed by atoms with Gasteiger partial charge in [0.25, 0.3) is 0 Å². The maximum Gasteiger partial charge on any atom is 0.326 e. The van der Waals surface area contributed by atoms with Crippen molar-refractivity contribution >= 4 is 76.0 Å². The number of amides is 8. The molecule has 0 aliphatic carbocycles. The molecule has 3 unspecified atom stereocenters. The van der Waals surface area contributed by atoms with Crippen LogP contribution in [0.2, 0.25) is 0 Å². The van der Waals surface area contributed by atoms with Gasteiger partial charge in [0.2, 0.25) is 47.3 Å². The summed E-state index contributed by atoms with van der Waals surface area (Å²) in [5.74, 6) is -8.08. The third-order valence-corrected chi connectivity index (χ3v) is 13.1. The van der Waals surface area contributed by atoms with Crippen molar-refractivity contribution in [2.75, 3.05) is 33.3 Å². The van der Waals surface area contributed by atoms with Gasteiger partial charge >= 0.3 is 5.97 Å². The zero-order chi connectivity index (χ0) is 58.7. The summed E-state index contributed by atoms with van der Waals surface area (Å²) in [6, 6.07) is 14.8. The summed E-state index contributed by atoms with van der Waals surface area (Å²) in [4.78, 5) is 129. The molecule has 5 rings (SSSR count). The lowest BCUT2D eigenvalue weighted by atomic mass is 10.0. The molecule has 1 fully saturated rings. The molecular formula is C55H75N15O11. The topological polar surface area (TPSA) is 405 Å². The van der Waals surface area contributed by atoms with Crippen molar-refractivity contribution in [1.29, 1.82) is 10.8 Å². The number of nitrogens with one attached hydrogen (secondary N) is 14. The first-order valence-electron chi connectivity index (χ1n) is 26.8. The highest BCUT2D eigenvalue weighted by molar-refractivity contribution is 5.98. The van der Waals surface area contributed by atoms with Crippen LogP contribution in [0.5, 0.6) is 0 Å². The van der Waals surface area contributed by atoms with Crippen LogP contribution < -0.4 is 64.2 Å². The van der Waals surface area contributed by atoms with Crippen LogP contribution in [-0.4, -0.2) is 151 Å². The van der Waals surface area contributed by atoms with E-state index in [0.29, 0.717) is 11.1 Å². The lowest BCUT2D eigenvalue weighted by Crippen LogP contribution is -2.61. The van der Waals surface area contributed by atoms with Crippen LogP contribution in [0.1, 0.15) is 75.0 Å². The van der Waals surface area contributed by atoms with Gasteiger partial charge in [0.05, 0.1) is 13.2 Å². The molecule has 3 aromatic carbocycles. The number of hydrogen-bond acceptors (Lipinski definition) is 12. The van der Waals surface area contributed by atoms with Crippen molar-refractivity contribution in [3.8, 4) is 0 Å². The molecule has 26 nitrogen and oxygen atoms in total. The highest BCUT2D eigenvalue weighted by Gasteiger charge is 2.35. The maximum absolute atomic E-state index is 14.8. The van der Waals surface area contributed by atoms with Gasteiger partial charge in [-0.3, -0.25) is 49.2 Å². The number of para-hydroxylation sites is 1. The molecule has 8 amide bonds. The Kier molecular flexibility index (Phi) is 25.4. The van der Waals surface area contributed by atoms with Crippen LogP contribution in [0.25, 0.3) is 10.9 Å². The Balaban J connectivity index is 1.55. The maximum atomic E-state index is 14.8. The van der Waals surface area contributed by atoms with Crippen molar-refractivity contribution in [1.82, 2.24) is 63.5 Å². The van der Waals surface area contributed by atoms with E-state index in [1.807, 2.05) is 18.2 Å². The summed E-state index contributed by atoms with van der Waals surface area (Å²) in [7, 11) is 1.54. The minimum atomic E-state index is -1.57. The number of aromatic amines is 1. The first kappa shape index (κ1) is 62.8. The van der Waals surface area contributed by atoms with Crippen molar-refractivity contribution in [2.24, 2.45) is 5.73 Å². The number of aromatic nitrogens is 1. The molecule has 17 N–H and O–H groups in total. The molecule has 0 saturated carbocycles. The van der Waals surface area contributed by atoms with E-state index in [1.165, 1.54) is 6.92 Å². The van der Waals surface area contributed by atoms with Gasteiger partial charge in [-0.05, 0) is 67.7 Å². The number of carboxylic acid groups (broad SMARTS) is 1. The Labute approximate surface area is 468 Å². The fraction of sp³-hybridized carbons (Fsp3) is 0.436. The molecule has 4 aromatic rings. The quantitative estimate of drug-likeness (QED) is 0.0291. The number of carbonyl (C=O) groups is 9. The van der Waals surface area contributed by atoms with Gasteiger partial charge in [0.1, 0.15) is 42.3 Å². The molecule has 1 aliphatic heterocycles. The molecule has 1 aliphatic rings. The third-order valence-electron chi connectivity index (χ3n) is 13.1. The summed E-state index contributed by atoms with van der Waals surface area (Å²) in [5, 5.41) is 56.0. The number of aliphatic carboxylic acids is 1. The van der Waals surface area contributed by atoms with Crippen molar-refractivity contribution in [3.63, 3.8) is 0 Å². The Bertz CT molecular complexity index is 2800. The van der Waals surface area contributed by atoms with Crippen molar-refractivity contribution < 1.29 is 53.0 Å². The number of nitrogens with two attached hydrogens (primary N) is 1. The Morgan fingerprint density at radius 2 is 1.33 bits per heavy atom. The van der Waals surface area contributed by atoms with Gasteiger partial charge in [-0.1, -0.05) is 78.9 Å². The number of ether oxygens (including phenoxy) is 1. The standard InChI is InChI=1S/C55H75N15O11/c1-33(71)64-39(20-11-26-61-54(56)57)47(73)66-41-23-24-46(72)60-25-13-22-42(53(79)80)67-51(77)44(29-36-30-63-38-19-10-9-18-37(36)38)69-48(74)40(21-12-27-62-55(58)59-2)65-50(76)43(28-34-14-5-3-6-15-34)68-52(78)45(70-49(41)75)32-81-31-35-16-7-4-8-17-35/h3-10,14-19,30,39-45,63H,11-13,20-29,31-32H2,1-2H3,(H,60,72)(H,64,71)(H,65,76)(H,66,73)(H,67,77)(H,68,78)(H,69,74)(H,70,75)(H,79,80)(H4,56,57,61)(H3,58,59,62)/t39-,40-,41?,42?,43?,44-,45-/m0/s1. The number of carboxylic acids is 1. The lowest BCUT2D eigenvalue weighted by molar-refractivity contribution is -0.142. The number of benzene rings is 3. The first-order chi connectivity index (χ1) is 38.9. The molecule has 436 valence electrons. The molecule has 26 heteroatoms. The fourth-order valence-electron chi connectivity index (χ4n) is 8.82. The van der Waals surface area contributed by atoms with Crippen LogP contribution in [0.15, 0.2) is 91.1 Å². The highest BCUT2D eigenvalue weighted by atomic mass is 16.5. The van der Waals surface area contributed by atoms with Gasteiger partial charge in [-0.25, -0.2) is 4.79 Å². The predicted molar refractivity (Wildman–Crippen MR) is 300 cm³/mol. The molecule has 1 saturated heterocycles.